The quantitative estimate of drug-likeness (QED) is 0.390. The molecule has 0 bridgehead atoms. The molecule has 0 amide bonds. The number of benzene rings is 2. The number of aryl methyl sites for hydroxylation is 1. The fourth-order valence-electron chi connectivity index (χ4n) is 4.72. The van der Waals surface area contributed by atoms with E-state index in [9.17, 15) is 10.5 Å². The van der Waals surface area contributed by atoms with E-state index in [1.54, 1.807) is 0 Å². The van der Waals surface area contributed by atoms with Crippen molar-refractivity contribution in [1.29, 1.82) is 10.5 Å². The fraction of sp³-hybridized carbons (Fsp3) is 0.111. The Morgan fingerprint density at radius 1 is 0.844 bits per heavy atom. The second-order valence-electron chi connectivity index (χ2n) is 7.70. The van der Waals surface area contributed by atoms with Gasteiger partial charge in [-0.3, -0.25) is 0 Å². The average Bonchev–Trinajstić information content (AvgIpc) is 3.14. The Morgan fingerprint density at radius 3 is 1.75 bits per heavy atom. The van der Waals surface area contributed by atoms with Gasteiger partial charge in [-0.2, -0.15) is 0 Å². The number of pyridine rings is 2. The zero-order chi connectivity index (χ0) is 22.4. The molecule has 0 unspecified atom stereocenters. The van der Waals surface area contributed by atoms with Gasteiger partial charge in [-0.05, 0) is 34.9 Å². The van der Waals surface area contributed by atoms with Gasteiger partial charge >= 0.3 is 0 Å². The molecule has 0 fully saturated rings. The van der Waals surface area contributed by atoms with Gasteiger partial charge in [0.2, 0.25) is 0 Å². The van der Waals surface area contributed by atoms with Crippen molar-refractivity contribution in [2.45, 2.75) is 19.8 Å². The Bertz CT molecular complexity index is 1710. The molecule has 5 nitrogen and oxygen atoms in total. The van der Waals surface area contributed by atoms with Crippen LogP contribution in [-0.2, 0) is 6.42 Å². The third kappa shape index (κ3) is 2.47. The minimum Gasteiger partial charge on any atom is -0.308 e. The van der Waals surface area contributed by atoms with Gasteiger partial charge in [-0.1, -0.05) is 49.7 Å². The van der Waals surface area contributed by atoms with Gasteiger partial charge in [-0.25, -0.2) is 20.2 Å². The zero-order valence-corrected chi connectivity index (χ0v) is 17.3. The van der Waals surface area contributed by atoms with Crippen LogP contribution in [0.2, 0.25) is 0 Å². The maximum absolute atomic E-state index is 9.70. The summed E-state index contributed by atoms with van der Waals surface area (Å²) in [5, 5.41) is 24.1. The van der Waals surface area contributed by atoms with E-state index in [4.69, 9.17) is 13.1 Å². The third-order valence-electron chi connectivity index (χ3n) is 5.98. The summed E-state index contributed by atoms with van der Waals surface area (Å²) in [5.74, 6) is 0. The Balaban J connectivity index is 2.29. The molecule has 0 atom stereocenters. The maximum Gasteiger partial charge on any atom is 0.269 e. The summed E-state index contributed by atoms with van der Waals surface area (Å²) in [7, 11) is 0. The van der Waals surface area contributed by atoms with Gasteiger partial charge in [0.25, 0.3) is 11.4 Å². The number of hydrogen-bond acceptors (Lipinski definition) is 2. The molecule has 0 aliphatic heterocycles. The first-order chi connectivity index (χ1) is 15.7. The topological polar surface area (TPSA) is 60.7 Å². The van der Waals surface area contributed by atoms with Gasteiger partial charge in [0.05, 0.1) is 41.8 Å². The van der Waals surface area contributed by atoms with E-state index < -0.39 is 0 Å². The fourth-order valence-corrected chi connectivity index (χ4v) is 4.72. The number of hydrogen-bond donors (Lipinski definition) is 0. The van der Waals surface area contributed by atoms with E-state index in [0.29, 0.717) is 10.4 Å². The van der Waals surface area contributed by atoms with Gasteiger partial charge < -0.3 is 4.40 Å². The van der Waals surface area contributed by atoms with Crippen LogP contribution in [0.1, 0.15) is 18.9 Å². The van der Waals surface area contributed by atoms with Crippen molar-refractivity contribution in [3.63, 3.8) is 0 Å². The van der Waals surface area contributed by atoms with Gasteiger partial charge in [0, 0.05) is 21.2 Å². The van der Waals surface area contributed by atoms with Gasteiger partial charge in [0.15, 0.2) is 0 Å². The van der Waals surface area contributed by atoms with Crippen LogP contribution < -0.4 is 10.4 Å². The lowest BCUT2D eigenvalue weighted by Gasteiger charge is -2.14. The summed E-state index contributed by atoms with van der Waals surface area (Å²) < 4.78 is 2.13. The molecule has 0 aliphatic rings. The summed E-state index contributed by atoms with van der Waals surface area (Å²) in [6.07, 6.45) is 1.74. The van der Waals surface area contributed by atoms with Crippen LogP contribution in [0, 0.1) is 35.8 Å². The molecule has 0 saturated heterocycles. The smallest absolute Gasteiger partial charge is 0.269 e. The second-order valence-corrected chi connectivity index (χ2v) is 7.70. The first-order valence-corrected chi connectivity index (χ1v) is 10.2. The van der Waals surface area contributed by atoms with Crippen LogP contribution in [0.5, 0.6) is 0 Å². The highest BCUT2D eigenvalue weighted by Crippen LogP contribution is 2.33. The molecule has 3 heterocycles. The molecule has 32 heavy (non-hydrogen) atoms. The van der Waals surface area contributed by atoms with Crippen molar-refractivity contribution in [3.8, 4) is 12.1 Å². The van der Waals surface area contributed by atoms with E-state index in [0.717, 1.165) is 56.5 Å². The van der Waals surface area contributed by atoms with Crippen LogP contribution in [0.25, 0.3) is 59.2 Å². The Hall–Kier alpha value is -4.84. The van der Waals surface area contributed by atoms with Crippen LogP contribution in [0.15, 0.2) is 48.5 Å². The molecule has 0 aliphatic carbocycles. The Morgan fingerprint density at radius 2 is 1.34 bits per heavy atom. The minimum atomic E-state index is 0.0321. The molecule has 5 heteroatoms. The van der Waals surface area contributed by atoms with Crippen LogP contribution in [-0.4, -0.2) is 4.40 Å². The lowest BCUT2D eigenvalue weighted by molar-refractivity contribution is 0.924. The third-order valence-corrected chi connectivity index (χ3v) is 5.98. The lowest BCUT2D eigenvalue weighted by atomic mass is 9.99. The van der Waals surface area contributed by atoms with E-state index >= 15 is 0 Å². The number of fused-ring (bicyclic) bond motifs is 3. The van der Waals surface area contributed by atoms with Crippen molar-refractivity contribution < 1.29 is 0 Å². The van der Waals surface area contributed by atoms with Crippen molar-refractivity contribution >= 4 is 49.5 Å². The van der Waals surface area contributed by atoms with Crippen molar-refractivity contribution in [2.75, 3.05) is 0 Å². The first-order valence-electron chi connectivity index (χ1n) is 10.2. The predicted molar refractivity (Wildman–Crippen MR) is 126 cm³/mol. The minimum absolute atomic E-state index is 0.0321. The normalized spacial score (nSPS) is 13.0. The molecular weight excluding hydrogens is 394 g/mol. The van der Waals surface area contributed by atoms with Gasteiger partial charge in [0.1, 0.15) is 0 Å². The molecule has 0 radical (unpaired) electrons. The average molecular weight is 409 g/mol. The summed E-state index contributed by atoms with van der Waals surface area (Å²) in [5.41, 5.74) is 3.74. The predicted octanol–water partition coefficient (Wildman–Crippen LogP) is 4.89. The summed E-state index contributed by atoms with van der Waals surface area (Å²) in [6.45, 7) is 17.2. The van der Waals surface area contributed by atoms with E-state index in [-0.39, 0.29) is 11.4 Å². The number of nitriles is 2. The summed E-state index contributed by atoms with van der Waals surface area (Å²) in [6, 6.07) is 20.0. The summed E-state index contributed by atoms with van der Waals surface area (Å²) in [4.78, 5) is 7.01. The Kier molecular flexibility index (Phi) is 4.27. The van der Waals surface area contributed by atoms with Crippen LogP contribution in [0.4, 0.5) is 0 Å². The zero-order valence-electron chi connectivity index (χ0n) is 17.3. The molecule has 0 saturated carbocycles. The number of aromatic nitrogens is 1. The first kappa shape index (κ1) is 19.1. The highest BCUT2D eigenvalue weighted by Gasteiger charge is 2.18. The molecule has 3 aromatic heterocycles. The highest BCUT2D eigenvalue weighted by atomic mass is 14.9. The van der Waals surface area contributed by atoms with Crippen molar-refractivity contribution in [1.82, 2.24) is 4.40 Å². The van der Waals surface area contributed by atoms with Crippen molar-refractivity contribution in [2.24, 2.45) is 0 Å². The van der Waals surface area contributed by atoms with Crippen molar-refractivity contribution in [3.05, 3.63) is 87.4 Å². The molecular formula is C27H15N5. The maximum atomic E-state index is 9.70. The van der Waals surface area contributed by atoms with E-state index in [1.165, 1.54) is 0 Å². The van der Waals surface area contributed by atoms with E-state index in [1.807, 2.05) is 48.5 Å². The second kappa shape index (κ2) is 7.14. The molecule has 0 spiro atoms. The summed E-state index contributed by atoms with van der Waals surface area (Å²) >= 11 is 0. The Labute approximate surface area is 183 Å². The molecule has 0 N–H and O–H groups in total. The molecule has 148 valence electrons. The van der Waals surface area contributed by atoms with Crippen LogP contribution >= 0.6 is 0 Å². The van der Waals surface area contributed by atoms with E-state index in [2.05, 4.69) is 33.2 Å². The largest absolute Gasteiger partial charge is 0.308 e. The molecule has 2 aromatic carbocycles. The SMILES string of the molecule is [C-]#[N+]/C(C#N)=c1\cc2c3ccccc3c3c/c(=C(/C#N)[N+]#[C-])c4cc(CCC)cc1c4n23. The lowest BCUT2D eigenvalue weighted by Crippen LogP contribution is -2.15. The monoisotopic (exact) mass is 409 g/mol. The molecule has 5 aromatic rings. The molecule has 5 rings (SSSR count). The van der Waals surface area contributed by atoms with Gasteiger partial charge in [-0.15, -0.1) is 0 Å². The number of rotatable bonds is 2. The number of nitrogens with zero attached hydrogens (tertiary/aromatic N) is 5. The standard InChI is InChI=1S/C27H15N5/c1-4-7-16-10-21-19(23(14-28)30-2)12-25-17-8-5-6-9-18(17)26-13-20(24(15-29)31-3)22(11-16)27(21)32(25)26/h5-6,8-13H,4,7H2,1H3/b23-19+,24-20+. The highest BCUT2D eigenvalue weighted by molar-refractivity contribution is 6.14. The van der Waals surface area contributed by atoms with Crippen LogP contribution in [0.3, 0.4) is 0 Å².